The lowest BCUT2D eigenvalue weighted by molar-refractivity contribution is -0.149. The molecule has 1 aliphatic heterocycles. The number of hydrogen-bond donors (Lipinski definition) is 2. The Bertz CT molecular complexity index is 1230. The fourth-order valence-electron chi connectivity index (χ4n) is 3.79. The van der Waals surface area contributed by atoms with Crippen LogP contribution < -0.4 is 9.62 Å². The van der Waals surface area contributed by atoms with E-state index in [1.165, 1.54) is 18.2 Å². The van der Waals surface area contributed by atoms with Gasteiger partial charge in [-0.3, -0.25) is 4.79 Å². The first kappa shape index (κ1) is 25.1. The Labute approximate surface area is 209 Å². The summed E-state index contributed by atoms with van der Waals surface area (Å²) in [6.45, 7) is 2.89. The maximum absolute atomic E-state index is 13.6. The molecule has 35 heavy (non-hydrogen) atoms. The highest BCUT2D eigenvalue weighted by Gasteiger charge is 2.37. The van der Waals surface area contributed by atoms with E-state index in [0.29, 0.717) is 36.8 Å². The number of anilines is 2. The topological polar surface area (TPSA) is 78.4 Å². The molecule has 1 saturated heterocycles. The molecule has 2 aromatic heterocycles. The van der Waals surface area contributed by atoms with Crippen molar-refractivity contribution < 1.29 is 23.1 Å². The molecule has 184 valence electrons. The first-order chi connectivity index (χ1) is 16.6. The second-order valence-electron chi connectivity index (χ2n) is 8.46. The summed E-state index contributed by atoms with van der Waals surface area (Å²) in [7, 11) is 0. The molecule has 0 atom stereocenters. The number of hydrogen-bond acceptors (Lipinski definition) is 6. The summed E-state index contributed by atoms with van der Waals surface area (Å²) in [6, 6.07) is 13.9. The molecule has 0 aliphatic carbocycles. The molecule has 1 fully saturated rings. The standard InChI is InChI=1S/C24H22ClF3N4O2S/c1-23(22(33)34)11-13-32(14-12-23)19-7-4-8-20(30-19)35-31-18-10-9-16(24(26,27)28)21(29-18)15-5-2-3-6-17(15)25/h2-10H,11-14H2,1H3,(H,29,31)(H,33,34). The van der Waals surface area contributed by atoms with Crippen LogP contribution in [-0.2, 0) is 11.0 Å². The number of piperidine rings is 1. The zero-order valence-corrected chi connectivity index (χ0v) is 20.2. The molecule has 0 bridgehead atoms. The summed E-state index contributed by atoms with van der Waals surface area (Å²) in [5, 5.41) is 10.2. The third-order valence-corrected chi connectivity index (χ3v) is 7.08. The molecule has 0 saturated carbocycles. The molecule has 3 aromatic rings. The Hall–Kier alpha value is -2.98. The summed E-state index contributed by atoms with van der Waals surface area (Å²) in [6.07, 6.45) is -3.56. The van der Waals surface area contributed by atoms with E-state index in [4.69, 9.17) is 11.6 Å². The fraction of sp³-hybridized carbons (Fsp3) is 0.292. The largest absolute Gasteiger partial charge is 0.481 e. The number of carboxylic acid groups (broad SMARTS) is 1. The summed E-state index contributed by atoms with van der Waals surface area (Å²) in [5.74, 6) is 0.139. The van der Waals surface area contributed by atoms with Gasteiger partial charge in [0.25, 0.3) is 0 Å². The number of carbonyl (C=O) groups is 1. The van der Waals surface area contributed by atoms with Crippen molar-refractivity contribution in [1.29, 1.82) is 0 Å². The molecule has 0 spiro atoms. The summed E-state index contributed by atoms with van der Waals surface area (Å²) in [5.41, 5.74) is -1.68. The van der Waals surface area contributed by atoms with Crippen molar-refractivity contribution in [3.8, 4) is 11.3 Å². The van der Waals surface area contributed by atoms with Gasteiger partial charge in [0.15, 0.2) is 0 Å². The van der Waals surface area contributed by atoms with E-state index >= 15 is 0 Å². The Morgan fingerprint density at radius 1 is 1.09 bits per heavy atom. The molecular formula is C24H22ClF3N4O2S. The number of pyridine rings is 2. The Morgan fingerprint density at radius 3 is 2.46 bits per heavy atom. The molecule has 1 aromatic carbocycles. The number of halogens is 4. The van der Waals surface area contributed by atoms with E-state index in [0.717, 1.165) is 18.0 Å². The van der Waals surface area contributed by atoms with Gasteiger partial charge in [0.1, 0.15) is 16.7 Å². The zero-order chi connectivity index (χ0) is 25.2. The van der Waals surface area contributed by atoms with Crippen LogP contribution in [0.1, 0.15) is 25.3 Å². The molecule has 1 aliphatic rings. The third kappa shape index (κ3) is 5.65. The zero-order valence-electron chi connectivity index (χ0n) is 18.6. The van der Waals surface area contributed by atoms with E-state index in [1.54, 1.807) is 25.1 Å². The van der Waals surface area contributed by atoms with Gasteiger partial charge >= 0.3 is 12.1 Å². The number of carboxylic acids is 1. The van der Waals surface area contributed by atoms with Gasteiger partial charge in [-0.1, -0.05) is 35.9 Å². The first-order valence-corrected chi connectivity index (χ1v) is 12.0. The maximum atomic E-state index is 13.6. The van der Waals surface area contributed by atoms with Crippen molar-refractivity contribution in [3.05, 3.63) is 65.2 Å². The van der Waals surface area contributed by atoms with Crippen LogP contribution in [0.2, 0.25) is 5.02 Å². The van der Waals surface area contributed by atoms with Gasteiger partial charge in [-0.15, -0.1) is 0 Å². The van der Waals surface area contributed by atoms with Crippen LogP contribution >= 0.6 is 23.5 Å². The summed E-state index contributed by atoms with van der Waals surface area (Å²) < 4.78 is 43.8. The van der Waals surface area contributed by atoms with E-state index in [9.17, 15) is 23.1 Å². The maximum Gasteiger partial charge on any atom is 0.418 e. The van der Waals surface area contributed by atoms with Gasteiger partial charge in [-0.05, 0) is 50.1 Å². The minimum atomic E-state index is -4.59. The predicted molar refractivity (Wildman–Crippen MR) is 131 cm³/mol. The monoisotopic (exact) mass is 522 g/mol. The highest BCUT2D eigenvalue weighted by molar-refractivity contribution is 8.00. The highest BCUT2D eigenvalue weighted by Crippen LogP contribution is 2.39. The van der Waals surface area contributed by atoms with Crippen LogP contribution in [0.5, 0.6) is 0 Å². The molecule has 0 radical (unpaired) electrons. The number of benzene rings is 1. The average molecular weight is 523 g/mol. The Balaban J connectivity index is 1.51. The molecule has 3 heterocycles. The quantitative estimate of drug-likeness (QED) is 0.352. The first-order valence-electron chi connectivity index (χ1n) is 10.8. The molecule has 6 nitrogen and oxygen atoms in total. The molecule has 0 amide bonds. The summed E-state index contributed by atoms with van der Waals surface area (Å²) >= 11 is 7.27. The van der Waals surface area contributed by atoms with Gasteiger partial charge in [-0.2, -0.15) is 13.2 Å². The number of nitrogens with one attached hydrogen (secondary N) is 1. The normalized spacial score (nSPS) is 15.6. The minimum absolute atomic E-state index is 0.171. The lowest BCUT2D eigenvalue weighted by atomic mass is 9.80. The number of alkyl halides is 3. The van der Waals surface area contributed by atoms with Crippen LogP contribution in [0.25, 0.3) is 11.3 Å². The number of aliphatic carboxylic acids is 1. The smallest absolute Gasteiger partial charge is 0.418 e. The minimum Gasteiger partial charge on any atom is -0.481 e. The highest BCUT2D eigenvalue weighted by atomic mass is 35.5. The van der Waals surface area contributed by atoms with E-state index in [-0.39, 0.29) is 22.1 Å². The second kappa shape index (κ2) is 9.94. The van der Waals surface area contributed by atoms with E-state index in [1.807, 2.05) is 17.0 Å². The number of nitrogens with zero attached hydrogens (tertiary/aromatic N) is 3. The Morgan fingerprint density at radius 2 is 1.80 bits per heavy atom. The number of aromatic nitrogens is 2. The van der Waals surface area contributed by atoms with Crippen molar-refractivity contribution in [1.82, 2.24) is 9.97 Å². The van der Waals surface area contributed by atoms with Crippen LogP contribution in [0, 0.1) is 5.41 Å². The third-order valence-electron chi connectivity index (χ3n) is 6.01. The molecule has 0 unspecified atom stereocenters. The van der Waals surface area contributed by atoms with Gasteiger partial charge < -0.3 is 14.7 Å². The van der Waals surface area contributed by atoms with Crippen LogP contribution in [0.15, 0.2) is 59.6 Å². The molecule has 4 rings (SSSR count). The van der Waals surface area contributed by atoms with E-state index in [2.05, 4.69) is 14.7 Å². The van der Waals surface area contributed by atoms with Crippen molar-refractivity contribution in [2.75, 3.05) is 22.7 Å². The number of rotatable bonds is 6. The lowest BCUT2D eigenvalue weighted by Gasteiger charge is -2.37. The van der Waals surface area contributed by atoms with Crippen LogP contribution in [0.3, 0.4) is 0 Å². The molecule has 11 heteroatoms. The molecule has 2 N–H and O–H groups in total. The van der Waals surface area contributed by atoms with Crippen LogP contribution in [0.4, 0.5) is 24.8 Å². The predicted octanol–water partition coefficient (Wildman–Crippen LogP) is 6.63. The van der Waals surface area contributed by atoms with Gasteiger partial charge in [0, 0.05) is 35.6 Å². The second-order valence-corrected chi connectivity index (χ2v) is 9.69. The van der Waals surface area contributed by atoms with Gasteiger partial charge in [0.2, 0.25) is 0 Å². The van der Waals surface area contributed by atoms with Crippen molar-refractivity contribution in [2.45, 2.75) is 31.0 Å². The van der Waals surface area contributed by atoms with Gasteiger partial charge in [0.05, 0.1) is 16.7 Å². The Kier molecular flexibility index (Phi) is 7.14. The summed E-state index contributed by atoms with van der Waals surface area (Å²) in [4.78, 5) is 22.3. The average Bonchev–Trinajstić information content (AvgIpc) is 2.83. The van der Waals surface area contributed by atoms with Crippen molar-refractivity contribution >= 4 is 41.2 Å². The van der Waals surface area contributed by atoms with Crippen LogP contribution in [-0.4, -0.2) is 34.1 Å². The van der Waals surface area contributed by atoms with Gasteiger partial charge in [-0.25, -0.2) is 9.97 Å². The van der Waals surface area contributed by atoms with Crippen molar-refractivity contribution in [2.24, 2.45) is 5.41 Å². The lowest BCUT2D eigenvalue weighted by Crippen LogP contribution is -2.43. The SMILES string of the molecule is CC1(C(=O)O)CCN(c2cccc(SNc3ccc(C(F)(F)F)c(-c4ccccc4Cl)n3)n2)CC1. The van der Waals surface area contributed by atoms with E-state index < -0.39 is 23.1 Å². The molecular weight excluding hydrogens is 501 g/mol. The van der Waals surface area contributed by atoms with Crippen molar-refractivity contribution in [3.63, 3.8) is 0 Å². The fourth-order valence-corrected chi connectivity index (χ4v) is 4.62.